The summed E-state index contributed by atoms with van der Waals surface area (Å²) in [6.45, 7) is 4.68. The first-order chi connectivity index (χ1) is 7.70. The normalized spacial score (nSPS) is 15.6. The molecular weight excluding hydrogens is 200 g/mol. The minimum absolute atomic E-state index is 0. The first-order valence-corrected chi connectivity index (χ1v) is 5.79. The molecule has 0 spiro atoms. The van der Waals surface area contributed by atoms with Crippen molar-refractivity contribution < 1.29 is 6.22 Å². The van der Waals surface area contributed by atoms with E-state index < -0.39 is 0 Å². The number of carbonyl (C=O) groups is 1. The van der Waals surface area contributed by atoms with Crippen LogP contribution in [-0.2, 0) is 13.0 Å². The maximum absolute atomic E-state index is 11.7. The molecule has 1 aliphatic heterocycles. The van der Waals surface area contributed by atoms with Crippen molar-refractivity contribution in [3.05, 3.63) is 34.9 Å². The van der Waals surface area contributed by atoms with E-state index in [1.54, 1.807) is 0 Å². The number of nitrogens with zero attached hydrogens (tertiary/aromatic N) is 1. The maximum Gasteiger partial charge on any atom is 0.251 e. The van der Waals surface area contributed by atoms with E-state index in [4.69, 9.17) is 0 Å². The summed E-state index contributed by atoms with van der Waals surface area (Å²) >= 11 is 0. The van der Waals surface area contributed by atoms with Gasteiger partial charge in [-0.2, -0.15) is 0 Å². The number of fused-ring (bicyclic) bond motifs is 1. The summed E-state index contributed by atoms with van der Waals surface area (Å²) in [6.07, 6.45) is 1.04. The molecule has 0 aromatic heterocycles. The number of carbonyl (C=O) groups excluding carboxylic acids is 1. The second kappa shape index (κ2) is 4.66. The van der Waals surface area contributed by atoms with Gasteiger partial charge in [0.25, 0.3) is 5.91 Å². The summed E-state index contributed by atoms with van der Waals surface area (Å²) in [7, 11) is 2.13. The van der Waals surface area contributed by atoms with Crippen LogP contribution in [0.2, 0.25) is 0 Å². The number of benzene rings is 1. The summed E-state index contributed by atoms with van der Waals surface area (Å²) in [6, 6.07) is 6.03. The predicted octanol–water partition coefficient (Wildman–Crippen LogP) is 1.67. The number of hydrogen-bond acceptors (Lipinski definition) is 2. The standard InChI is InChI=1S/C13H18N2O.H2/c1-3-14-13(16)11-4-5-12-9-15(2)7-6-10(12)8-11;/h4-5,8H,3,6-7,9H2,1-2H3,(H,14,16);1H. The lowest BCUT2D eigenvalue weighted by atomic mass is 9.97. The van der Waals surface area contributed by atoms with Crippen LogP contribution in [0, 0.1) is 0 Å². The lowest BCUT2D eigenvalue weighted by Crippen LogP contribution is -2.27. The Bertz CT molecular complexity index is 406. The van der Waals surface area contributed by atoms with E-state index in [1.165, 1.54) is 11.1 Å². The summed E-state index contributed by atoms with van der Waals surface area (Å²) in [5.74, 6) is 0.0317. The van der Waals surface area contributed by atoms with Crippen LogP contribution in [0.3, 0.4) is 0 Å². The second-order valence-electron chi connectivity index (χ2n) is 4.33. The zero-order valence-corrected chi connectivity index (χ0v) is 9.92. The fourth-order valence-electron chi connectivity index (χ4n) is 2.10. The molecule has 88 valence electrons. The lowest BCUT2D eigenvalue weighted by molar-refractivity contribution is 0.0955. The fourth-order valence-corrected chi connectivity index (χ4v) is 2.10. The molecule has 0 saturated heterocycles. The average Bonchev–Trinajstić information content (AvgIpc) is 2.28. The number of amides is 1. The summed E-state index contributed by atoms with van der Waals surface area (Å²) in [5.41, 5.74) is 3.45. The van der Waals surface area contributed by atoms with Crippen LogP contribution in [0.5, 0.6) is 0 Å². The van der Waals surface area contributed by atoms with Crippen LogP contribution in [0.25, 0.3) is 0 Å². The van der Waals surface area contributed by atoms with Crippen LogP contribution in [0.4, 0.5) is 0 Å². The Kier molecular flexibility index (Phi) is 3.25. The van der Waals surface area contributed by atoms with Gasteiger partial charge < -0.3 is 10.2 Å². The molecule has 16 heavy (non-hydrogen) atoms. The van der Waals surface area contributed by atoms with E-state index in [-0.39, 0.29) is 7.33 Å². The molecule has 1 aliphatic rings. The number of nitrogens with one attached hydrogen (secondary N) is 1. The molecule has 1 heterocycles. The number of likely N-dealkylation sites (N-methyl/N-ethyl adjacent to an activating group) is 1. The highest BCUT2D eigenvalue weighted by Gasteiger charge is 2.14. The van der Waals surface area contributed by atoms with Crippen molar-refractivity contribution in [3.63, 3.8) is 0 Å². The van der Waals surface area contributed by atoms with Crippen molar-refractivity contribution in [3.8, 4) is 0 Å². The zero-order chi connectivity index (χ0) is 11.5. The van der Waals surface area contributed by atoms with Crippen molar-refractivity contribution in [2.24, 2.45) is 0 Å². The fraction of sp³-hybridized carbons (Fsp3) is 0.462. The van der Waals surface area contributed by atoms with Crippen molar-refractivity contribution in [1.82, 2.24) is 10.2 Å². The van der Waals surface area contributed by atoms with Gasteiger partial charge in [-0.25, -0.2) is 0 Å². The van der Waals surface area contributed by atoms with Gasteiger partial charge in [-0.3, -0.25) is 4.79 Å². The monoisotopic (exact) mass is 220 g/mol. The highest BCUT2D eigenvalue weighted by molar-refractivity contribution is 5.94. The van der Waals surface area contributed by atoms with Crippen molar-refractivity contribution in [1.29, 1.82) is 0 Å². The molecule has 2 rings (SSSR count). The van der Waals surface area contributed by atoms with Crippen LogP contribution in [0.1, 0.15) is 29.8 Å². The van der Waals surface area contributed by atoms with E-state index in [1.807, 2.05) is 19.1 Å². The Morgan fingerprint density at radius 1 is 1.50 bits per heavy atom. The van der Waals surface area contributed by atoms with E-state index in [2.05, 4.69) is 23.3 Å². The van der Waals surface area contributed by atoms with Gasteiger partial charge in [-0.1, -0.05) is 6.07 Å². The highest BCUT2D eigenvalue weighted by atomic mass is 16.1. The smallest absolute Gasteiger partial charge is 0.251 e. The summed E-state index contributed by atoms with van der Waals surface area (Å²) < 4.78 is 0. The Morgan fingerprint density at radius 3 is 3.06 bits per heavy atom. The zero-order valence-electron chi connectivity index (χ0n) is 9.92. The van der Waals surface area contributed by atoms with Gasteiger partial charge in [-0.15, -0.1) is 0 Å². The van der Waals surface area contributed by atoms with Crippen molar-refractivity contribution in [2.45, 2.75) is 19.9 Å². The molecule has 1 aromatic rings. The molecule has 0 unspecified atom stereocenters. The highest BCUT2D eigenvalue weighted by Crippen LogP contribution is 2.19. The van der Waals surface area contributed by atoms with Gasteiger partial charge in [0, 0.05) is 26.6 Å². The van der Waals surface area contributed by atoms with Gasteiger partial charge in [0.2, 0.25) is 0 Å². The largest absolute Gasteiger partial charge is 0.352 e. The van der Waals surface area contributed by atoms with Crippen molar-refractivity contribution in [2.75, 3.05) is 20.1 Å². The van der Waals surface area contributed by atoms with Gasteiger partial charge in [0.15, 0.2) is 0 Å². The van der Waals surface area contributed by atoms with Crippen LogP contribution in [-0.4, -0.2) is 30.9 Å². The first-order valence-electron chi connectivity index (χ1n) is 5.79. The van der Waals surface area contributed by atoms with E-state index in [0.29, 0.717) is 6.54 Å². The third-order valence-corrected chi connectivity index (χ3v) is 3.01. The summed E-state index contributed by atoms with van der Waals surface area (Å²) in [4.78, 5) is 14.0. The minimum atomic E-state index is 0. The molecule has 0 bridgehead atoms. The molecule has 1 N–H and O–H groups in total. The van der Waals surface area contributed by atoms with E-state index in [0.717, 1.165) is 25.1 Å². The van der Waals surface area contributed by atoms with Gasteiger partial charge >= 0.3 is 0 Å². The van der Waals surface area contributed by atoms with Crippen LogP contribution in [0.15, 0.2) is 18.2 Å². The molecule has 0 atom stereocenters. The van der Waals surface area contributed by atoms with E-state index in [9.17, 15) is 4.79 Å². The molecule has 1 amide bonds. The number of rotatable bonds is 2. The molecule has 1 aromatic carbocycles. The van der Waals surface area contributed by atoms with Crippen LogP contribution < -0.4 is 5.32 Å². The van der Waals surface area contributed by atoms with E-state index >= 15 is 0 Å². The topological polar surface area (TPSA) is 32.3 Å². The molecule has 3 heteroatoms. The SMILES string of the molecule is CCNC(=O)c1ccc2c(c1)CCN(C)C2.[HH]. The molecule has 0 saturated carbocycles. The average molecular weight is 220 g/mol. The molecule has 0 radical (unpaired) electrons. The number of hydrogen-bond donors (Lipinski definition) is 1. The van der Waals surface area contributed by atoms with Crippen LogP contribution >= 0.6 is 0 Å². The van der Waals surface area contributed by atoms with Gasteiger partial charge in [0.1, 0.15) is 0 Å². The Labute approximate surface area is 97.9 Å². The molecular formula is C13H20N2O. The Morgan fingerprint density at radius 2 is 2.31 bits per heavy atom. The minimum Gasteiger partial charge on any atom is -0.352 e. The summed E-state index contributed by atoms with van der Waals surface area (Å²) in [5, 5.41) is 2.83. The third-order valence-electron chi connectivity index (χ3n) is 3.01. The molecule has 0 aliphatic carbocycles. The quantitative estimate of drug-likeness (QED) is 0.822. The third kappa shape index (κ3) is 2.25. The molecule has 3 nitrogen and oxygen atoms in total. The second-order valence-corrected chi connectivity index (χ2v) is 4.33. The van der Waals surface area contributed by atoms with Crippen molar-refractivity contribution >= 4 is 5.91 Å². The predicted molar refractivity (Wildman–Crippen MR) is 66.6 cm³/mol. The first kappa shape index (κ1) is 11.1. The molecule has 0 fully saturated rings. The lowest BCUT2D eigenvalue weighted by Gasteiger charge is -2.25. The maximum atomic E-state index is 11.7. The van der Waals surface area contributed by atoms with Gasteiger partial charge in [-0.05, 0) is 43.7 Å². The van der Waals surface area contributed by atoms with Gasteiger partial charge in [0.05, 0.1) is 0 Å². The Hall–Kier alpha value is -1.35. The Balaban J connectivity index is 0.00000144.